The standard InChI is InChI=1S/C7H16O2/c1-4-5-6(8)7(2,3)9/h6,8-9H,4-5H2,1-3H3. The minimum Gasteiger partial charge on any atom is -0.390 e. The molecule has 2 heteroatoms. The zero-order valence-electron chi connectivity index (χ0n) is 6.39. The highest BCUT2D eigenvalue weighted by Crippen LogP contribution is 2.12. The number of hydrogen-bond acceptors (Lipinski definition) is 2. The summed E-state index contributed by atoms with van der Waals surface area (Å²) in [6, 6.07) is 0. The van der Waals surface area contributed by atoms with Crippen molar-refractivity contribution in [2.45, 2.75) is 45.3 Å². The maximum absolute atomic E-state index is 9.17. The number of hydrogen-bond donors (Lipinski definition) is 2. The van der Waals surface area contributed by atoms with Crippen LogP contribution in [0.5, 0.6) is 0 Å². The lowest BCUT2D eigenvalue weighted by atomic mass is 9.98. The van der Waals surface area contributed by atoms with Crippen molar-refractivity contribution >= 4 is 0 Å². The van der Waals surface area contributed by atoms with Crippen molar-refractivity contribution < 1.29 is 10.2 Å². The molecule has 0 saturated carbocycles. The van der Waals surface area contributed by atoms with Crippen LogP contribution in [0, 0.1) is 0 Å². The van der Waals surface area contributed by atoms with Crippen molar-refractivity contribution in [2.24, 2.45) is 0 Å². The van der Waals surface area contributed by atoms with E-state index < -0.39 is 11.7 Å². The van der Waals surface area contributed by atoms with Crippen molar-refractivity contribution in [2.75, 3.05) is 0 Å². The molecule has 2 nitrogen and oxygen atoms in total. The average molecular weight is 132 g/mol. The third-order valence-electron chi connectivity index (χ3n) is 1.38. The third-order valence-corrected chi connectivity index (χ3v) is 1.38. The minimum absolute atomic E-state index is 0.581. The summed E-state index contributed by atoms with van der Waals surface area (Å²) in [6.07, 6.45) is 0.997. The second kappa shape index (κ2) is 3.18. The van der Waals surface area contributed by atoms with Crippen LogP contribution in [-0.2, 0) is 0 Å². The summed E-state index contributed by atoms with van der Waals surface area (Å²) in [5.41, 5.74) is -0.935. The third kappa shape index (κ3) is 3.49. The predicted molar refractivity (Wildman–Crippen MR) is 37.2 cm³/mol. The fourth-order valence-electron chi connectivity index (χ4n) is 0.627. The zero-order valence-corrected chi connectivity index (χ0v) is 6.39. The normalized spacial score (nSPS) is 15.7. The van der Waals surface area contributed by atoms with E-state index >= 15 is 0 Å². The Morgan fingerprint density at radius 2 is 1.89 bits per heavy atom. The molecule has 56 valence electrons. The van der Waals surface area contributed by atoms with Gasteiger partial charge in [0.1, 0.15) is 0 Å². The van der Waals surface area contributed by atoms with Gasteiger partial charge in [0.05, 0.1) is 11.7 Å². The van der Waals surface area contributed by atoms with Gasteiger partial charge < -0.3 is 10.2 Å². The maximum atomic E-state index is 9.17. The van der Waals surface area contributed by atoms with Gasteiger partial charge in [-0.15, -0.1) is 0 Å². The molecule has 0 aromatic rings. The molecule has 1 atom stereocenters. The molecule has 0 aromatic heterocycles. The van der Waals surface area contributed by atoms with E-state index in [1.807, 2.05) is 6.92 Å². The molecule has 0 heterocycles. The van der Waals surface area contributed by atoms with Crippen LogP contribution in [0.25, 0.3) is 0 Å². The Morgan fingerprint density at radius 3 is 2.00 bits per heavy atom. The zero-order chi connectivity index (χ0) is 7.49. The molecular weight excluding hydrogens is 116 g/mol. The van der Waals surface area contributed by atoms with Crippen LogP contribution < -0.4 is 0 Å². The van der Waals surface area contributed by atoms with E-state index in [1.54, 1.807) is 13.8 Å². The second-order valence-electron chi connectivity index (χ2n) is 2.96. The first-order valence-electron chi connectivity index (χ1n) is 3.39. The number of aliphatic hydroxyl groups excluding tert-OH is 1. The van der Waals surface area contributed by atoms with Crippen molar-refractivity contribution in [3.63, 3.8) is 0 Å². The van der Waals surface area contributed by atoms with Gasteiger partial charge in [0.25, 0.3) is 0 Å². The van der Waals surface area contributed by atoms with Crippen LogP contribution >= 0.6 is 0 Å². The summed E-state index contributed by atoms with van der Waals surface area (Å²) in [5, 5.41) is 18.3. The molecule has 0 rings (SSSR count). The molecule has 0 bridgehead atoms. The van der Waals surface area contributed by atoms with Gasteiger partial charge in [-0.1, -0.05) is 13.3 Å². The van der Waals surface area contributed by atoms with E-state index in [2.05, 4.69) is 0 Å². The van der Waals surface area contributed by atoms with Crippen LogP contribution in [0.15, 0.2) is 0 Å². The largest absolute Gasteiger partial charge is 0.390 e. The smallest absolute Gasteiger partial charge is 0.0849 e. The molecule has 0 radical (unpaired) electrons. The summed E-state index contributed by atoms with van der Waals surface area (Å²) >= 11 is 0. The van der Waals surface area contributed by atoms with Gasteiger partial charge in [0, 0.05) is 0 Å². The molecule has 9 heavy (non-hydrogen) atoms. The van der Waals surface area contributed by atoms with Crippen molar-refractivity contribution in [3.05, 3.63) is 0 Å². The lowest BCUT2D eigenvalue weighted by Gasteiger charge is -2.23. The Balaban J connectivity index is 3.59. The second-order valence-corrected chi connectivity index (χ2v) is 2.96. The lowest BCUT2D eigenvalue weighted by Crippen LogP contribution is -2.35. The molecule has 0 amide bonds. The van der Waals surface area contributed by atoms with Gasteiger partial charge in [0.2, 0.25) is 0 Å². The molecule has 0 aromatic carbocycles. The predicted octanol–water partition coefficient (Wildman–Crippen LogP) is 0.918. The summed E-state index contributed by atoms with van der Waals surface area (Å²) in [5.74, 6) is 0. The molecule has 0 aliphatic carbocycles. The van der Waals surface area contributed by atoms with Crippen molar-refractivity contribution in [3.8, 4) is 0 Å². The SMILES string of the molecule is CCCC(O)C(C)(C)O. The van der Waals surface area contributed by atoms with Gasteiger partial charge in [0.15, 0.2) is 0 Å². The van der Waals surface area contributed by atoms with E-state index in [-0.39, 0.29) is 0 Å². The highest BCUT2D eigenvalue weighted by atomic mass is 16.3. The Hall–Kier alpha value is -0.0800. The quantitative estimate of drug-likeness (QED) is 0.599. The van der Waals surface area contributed by atoms with E-state index in [4.69, 9.17) is 10.2 Å². The monoisotopic (exact) mass is 132 g/mol. The Kier molecular flexibility index (Phi) is 3.15. The van der Waals surface area contributed by atoms with Gasteiger partial charge in [-0.05, 0) is 20.3 Å². The van der Waals surface area contributed by atoms with Crippen molar-refractivity contribution in [1.29, 1.82) is 0 Å². The van der Waals surface area contributed by atoms with Crippen LogP contribution in [0.1, 0.15) is 33.6 Å². The van der Waals surface area contributed by atoms with Crippen molar-refractivity contribution in [1.82, 2.24) is 0 Å². The van der Waals surface area contributed by atoms with E-state index in [9.17, 15) is 0 Å². The summed E-state index contributed by atoms with van der Waals surface area (Å²) in [6.45, 7) is 5.22. The maximum Gasteiger partial charge on any atom is 0.0849 e. The van der Waals surface area contributed by atoms with E-state index in [0.717, 1.165) is 6.42 Å². The Labute approximate surface area is 56.5 Å². The Bertz CT molecular complexity index is 73.5. The molecule has 0 aliphatic rings. The summed E-state index contributed by atoms with van der Waals surface area (Å²) in [7, 11) is 0. The lowest BCUT2D eigenvalue weighted by molar-refractivity contribution is -0.0514. The van der Waals surface area contributed by atoms with Crippen LogP contribution in [0.2, 0.25) is 0 Å². The fourth-order valence-corrected chi connectivity index (χ4v) is 0.627. The summed E-state index contributed by atoms with van der Waals surface area (Å²) < 4.78 is 0. The Morgan fingerprint density at radius 1 is 1.44 bits per heavy atom. The van der Waals surface area contributed by atoms with Gasteiger partial charge >= 0.3 is 0 Å². The first-order chi connectivity index (χ1) is 3.98. The topological polar surface area (TPSA) is 40.5 Å². The highest BCUT2D eigenvalue weighted by molar-refractivity contribution is 4.75. The van der Waals surface area contributed by atoms with Gasteiger partial charge in [-0.25, -0.2) is 0 Å². The molecule has 1 unspecified atom stereocenters. The first-order valence-corrected chi connectivity index (χ1v) is 3.39. The van der Waals surface area contributed by atoms with Crippen LogP contribution in [-0.4, -0.2) is 21.9 Å². The molecular formula is C7H16O2. The van der Waals surface area contributed by atoms with E-state index in [0.29, 0.717) is 6.42 Å². The molecule has 2 N–H and O–H groups in total. The fraction of sp³-hybridized carbons (Fsp3) is 1.00. The van der Waals surface area contributed by atoms with Crippen LogP contribution in [0.4, 0.5) is 0 Å². The van der Waals surface area contributed by atoms with E-state index in [1.165, 1.54) is 0 Å². The number of aliphatic hydroxyl groups is 2. The van der Waals surface area contributed by atoms with Crippen LogP contribution in [0.3, 0.4) is 0 Å². The molecule has 0 fully saturated rings. The minimum atomic E-state index is -0.935. The van der Waals surface area contributed by atoms with Gasteiger partial charge in [-0.3, -0.25) is 0 Å². The number of rotatable bonds is 3. The highest BCUT2D eigenvalue weighted by Gasteiger charge is 2.22. The average Bonchev–Trinajstić information content (AvgIpc) is 1.64. The summed E-state index contributed by atoms with van der Waals surface area (Å²) in [4.78, 5) is 0. The first kappa shape index (κ1) is 8.92. The van der Waals surface area contributed by atoms with Gasteiger partial charge in [-0.2, -0.15) is 0 Å². The molecule has 0 saturated heterocycles. The molecule has 0 spiro atoms. The molecule has 0 aliphatic heterocycles.